The zero-order chi connectivity index (χ0) is 13.8. The van der Waals surface area contributed by atoms with Gasteiger partial charge in [-0.25, -0.2) is 0 Å². The van der Waals surface area contributed by atoms with Gasteiger partial charge in [0.2, 0.25) is 0 Å². The molecule has 18 heavy (non-hydrogen) atoms. The highest BCUT2D eigenvalue weighted by molar-refractivity contribution is 5.69. The predicted molar refractivity (Wildman–Crippen MR) is 72.1 cm³/mol. The predicted octanol–water partition coefficient (Wildman–Crippen LogP) is 3.07. The molecule has 0 saturated heterocycles. The molecule has 0 aromatic heterocycles. The van der Waals surface area contributed by atoms with E-state index in [4.69, 9.17) is 4.74 Å². The zero-order valence-corrected chi connectivity index (χ0v) is 12.0. The van der Waals surface area contributed by atoms with Gasteiger partial charge in [-0.1, -0.05) is 46.3 Å². The van der Waals surface area contributed by atoms with E-state index in [1.54, 1.807) is 0 Å². The van der Waals surface area contributed by atoms with Crippen LogP contribution in [0.4, 0.5) is 0 Å². The molecule has 0 fully saturated rings. The standard InChI is InChI=1S/C15H26O3/c1-5-6-8-13(17)18-11-12(16)15(4)10-7-9-14(15,2)3/h7,9,12,16H,5-6,8,10-11H2,1-4H3/t12-,15-/m1/s1. The van der Waals surface area contributed by atoms with Crippen molar-refractivity contribution in [1.29, 1.82) is 0 Å². The van der Waals surface area contributed by atoms with Crippen LogP contribution in [0.3, 0.4) is 0 Å². The fraction of sp³-hybridized carbons (Fsp3) is 0.800. The van der Waals surface area contributed by atoms with E-state index < -0.39 is 6.10 Å². The lowest BCUT2D eigenvalue weighted by Crippen LogP contribution is -2.44. The fourth-order valence-corrected chi connectivity index (χ4v) is 2.37. The van der Waals surface area contributed by atoms with E-state index in [0.717, 1.165) is 19.3 Å². The van der Waals surface area contributed by atoms with Gasteiger partial charge >= 0.3 is 5.97 Å². The number of aliphatic hydroxyl groups excluding tert-OH is 1. The van der Waals surface area contributed by atoms with E-state index in [1.165, 1.54) is 0 Å². The average molecular weight is 254 g/mol. The van der Waals surface area contributed by atoms with Crippen LogP contribution in [0.15, 0.2) is 12.2 Å². The molecule has 0 amide bonds. The molecule has 1 N–H and O–H groups in total. The van der Waals surface area contributed by atoms with Crippen molar-refractivity contribution in [3.8, 4) is 0 Å². The summed E-state index contributed by atoms with van der Waals surface area (Å²) in [6, 6.07) is 0. The molecule has 0 spiro atoms. The molecule has 1 rings (SSSR count). The van der Waals surface area contributed by atoms with Gasteiger partial charge in [0.05, 0.1) is 6.10 Å². The summed E-state index contributed by atoms with van der Waals surface area (Å²) < 4.78 is 5.16. The topological polar surface area (TPSA) is 46.5 Å². The Kier molecular flexibility index (Phi) is 4.97. The van der Waals surface area contributed by atoms with Crippen LogP contribution in [0.2, 0.25) is 0 Å². The normalized spacial score (nSPS) is 27.2. The second kappa shape index (κ2) is 5.87. The van der Waals surface area contributed by atoms with Gasteiger partial charge in [-0.2, -0.15) is 0 Å². The molecule has 0 bridgehead atoms. The molecule has 3 heteroatoms. The molecule has 0 saturated carbocycles. The summed E-state index contributed by atoms with van der Waals surface area (Å²) in [6.07, 6.45) is 6.71. The molecule has 0 aromatic rings. The van der Waals surface area contributed by atoms with Crippen LogP contribution in [-0.2, 0) is 9.53 Å². The van der Waals surface area contributed by atoms with Gasteiger partial charge < -0.3 is 9.84 Å². The minimum Gasteiger partial charge on any atom is -0.463 e. The van der Waals surface area contributed by atoms with E-state index in [-0.39, 0.29) is 23.4 Å². The van der Waals surface area contributed by atoms with Crippen molar-refractivity contribution in [2.24, 2.45) is 10.8 Å². The number of allylic oxidation sites excluding steroid dienone is 2. The minimum atomic E-state index is -0.618. The summed E-state index contributed by atoms with van der Waals surface area (Å²) in [5.74, 6) is -0.205. The maximum atomic E-state index is 11.4. The summed E-state index contributed by atoms with van der Waals surface area (Å²) in [5.41, 5.74) is -0.319. The number of carbonyl (C=O) groups is 1. The summed E-state index contributed by atoms with van der Waals surface area (Å²) in [5, 5.41) is 10.3. The van der Waals surface area contributed by atoms with Crippen molar-refractivity contribution in [2.45, 2.75) is 59.5 Å². The van der Waals surface area contributed by atoms with Crippen molar-refractivity contribution in [1.82, 2.24) is 0 Å². The Bertz CT molecular complexity index is 320. The second-order valence-corrected chi connectivity index (χ2v) is 6.05. The number of hydrogen-bond acceptors (Lipinski definition) is 3. The lowest BCUT2D eigenvalue weighted by molar-refractivity contribution is -0.151. The number of aliphatic hydroxyl groups is 1. The highest BCUT2D eigenvalue weighted by atomic mass is 16.5. The molecular weight excluding hydrogens is 228 g/mol. The van der Waals surface area contributed by atoms with Crippen LogP contribution in [0.25, 0.3) is 0 Å². The number of carbonyl (C=O) groups excluding carboxylic acids is 1. The Hall–Kier alpha value is -0.830. The van der Waals surface area contributed by atoms with Crippen LogP contribution < -0.4 is 0 Å². The third-order valence-electron chi connectivity index (χ3n) is 4.42. The quantitative estimate of drug-likeness (QED) is 0.585. The van der Waals surface area contributed by atoms with Gasteiger partial charge in [0, 0.05) is 11.8 Å². The van der Waals surface area contributed by atoms with Crippen LogP contribution in [0.5, 0.6) is 0 Å². The molecule has 0 aromatic carbocycles. The second-order valence-electron chi connectivity index (χ2n) is 6.05. The molecule has 3 nitrogen and oxygen atoms in total. The zero-order valence-electron chi connectivity index (χ0n) is 12.0. The minimum absolute atomic E-state index is 0.0672. The Labute approximate surface area is 110 Å². The van der Waals surface area contributed by atoms with Crippen molar-refractivity contribution in [3.63, 3.8) is 0 Å². The smallest absolute Gasteiger partial charge is 0.305 e. The summed E-state index contributed by atoms with van der Waals surface area (Å²) in [4.78, 5) is 11.4. The van der Waals surface area contributed by atoms with Crippen LogP contribution in [-0.4, -0.2) is 23.8 Å². The maximum absolute atomic E-state index is 11.4. The molecule has 0 radical (unpaired) electrons. The molecular formula is C15H26O3. The van der Waals surface area contributed by atoms with Gasteiger partial charge in [0.1, 0.15) is 6.61 Å². The first-order valence-electron chi connectivity index (χ1n) is 6.85. The van der Waals surface area contributed by atoms with Crippen molar-refractivity contribution < 1.29 is 14.6 Å². The van der Waals surface area contributed by atoms with Crippen molar-refractivity contribution in [3.05, 3.63) is 12.2 Å². The number of esters is 1. The van der Waals surface area contributed by atoms with Gasteiger partial charge in [0.25, 0.3) is 0 Å². The number of rotatable bonds is 6. The van der Waals surface area contributed by atoms with E-state index >= 15 is 0 Å². The molecule has 104 valence electrons. The number of hydrogen-bond donors (Lipinski definition) is 1. The average Bonchev–Trinajstić information content (AvgIpc) is 2.59. The largest absolute Gasteiger partial charge is 0.463 e. The van der Waals surface area contributed by atoms with Crippen molar-refractivity contribution in [2.75, 3.05) is 6.61 Å². The number of unbranched alkanes of at least 4 members (excludes halogenated alkanes) is 1. The summed E-state index contributed by atoms with van der Waals surface area (Å²) >= 11 is 0. The fourth-order valence-electron chi connectivity index (χ4n) is 2.37. The van der Waals surface area contributed by atoms with E-state index in [1.807, 2.05) is 6.92 Å². The Morgan fingerprint density at radius 2 is 2.11 bits per heavy atom. The Morgan fingerprint density at radius 3 is 2.61 bits per heavy atom. The van der Waals surface area contributed by atoms with E-state index in [9.17, 15) is 9.90 Å². The highest BCUT2D eigenvalue weighted by Gasteiger charge is 2.47. The van der Waals surface area contributed by atoms with Crippen LogP contribution >= 0.6 is 0 Å². The molecule has 0 aliphatic heterocycles. The first kappa shape index (κ1) is 15.2. The maximum Gasteiger partial charge on any atom is 0.305 e. The first-order chi connectivity index (χ1) is 8.33. The van der Waals surface area contributed by atoms with Crippen LogP contribution in [0, 0.1) is 10.8 Å². The van der Waals surface area contributed by atoms with Crippen LogP contribution in [0.1, 0.15) is 53.4 Å². The third kappa shape index (κ3) is 3.14. The van der Waals surface area contributed by atoms with Gasteiger partial charge in [0.15, 0.2) is 0 Å². The third-order valence-corrected chi connectivity index (χ3v) is 4.42. The SMILES string of the molecule is CCCCC(=O)OC[C@@H](O)[C@@]1(C)CC=CC1(C)C. The van der Waals surface area contributed by atoms with Gasteiger partial charge in [-0.15, -0.1) is 0 Å². The van der Waals surface area contributed by atoms with E-state index in [2.05, 4.69) is 32.9 Å². The molecule has 2 atom stereocenters. The molecule has 0 unspecified atom stereocenters. The number of ether oxygens (including phenoxy) is 1. The lowest BCUT2D eigenvalue weighted by atomic mass is 9.65. The van der Waals surface area contributed by atoms with Crippen molar-refractivity contribution >= 4 is 5.97 Å². The van der Waals surface area contributed by atoms with Gasteiger partial charge in [-0.05, 0) is 18.3 Å². The first-order valence-corrected chi connectivity index (χ1v) is 6.85. The van der Waals surface area contributed by atoms with Gasteiger partial charge in [-0.3, -0.25) is 4.79 Å². The monoisotopic (exact) mass is 254 g/mol. The summed E-state index contributed by atoms with van der Waals surface area (Å²) in [7, 11) is 0. The molecule has 1 aliphatic carbocycles. The Balaban J connectivity index is 2.46. The van der Waals surface area contributed by atoms with E-state index in [0.29, 0.717) is 6.42 Å². The molecule has 0 heterocycles. The Morgan fingerprint density at radius 1 is 1.44 bits per heavy atom. The summed E-state index contributed by atoms with van der Waals surface area (Å²) in [6.45, 7) is 8.41. The lowest BCUT2D eigenvalue weighted by Gasteiger charge is -2.41. The molecule has 1 aliphatic rings. The highest BCUT2D eigenvalue weighted by Crippen LogP contribution is 2.50.